The smallest absolute Gasteiger partial charge is 0.275 e. The molecular weight excluding hydrogens is 352 g/mol. The number of aryl methyl sites for hydroxylation is 1. The predicted molar refractivity (Wildman–Crippen MR) is 101 cm³/mol. The Morgan fingerprint density at radius 1 is 1.04 bits per heavy atom. The molecule has 2 heterocycles. The Bertz CT molecular complexity index is 904. The Labute approximate surface area is 156 Å². The lowest BCUT2D eigenvalue weighted by atomic mass is 10.1. The first-order chi connectivity index (χ1) is 12.7. The molecule has 0 radical (unpaired) electrons. The number of halogens is 1. The molecule has 0 spiro atoms. The summed E-state index contributed by atoms with van der Waals surface area (Å²) >= 11 is 5.89. The highest BCUT2D eigenvalue weighted by molar-refractivity contribution is 6.30. The SMILES string of the molecule is O=C1NC(CCc2ccc(Cl)cc2)=N/C1=C/c1ccc2c(c1)OCCO2. The van der Waals surface area contributed by atoms with Gasteiger partial charge in [0.15, 0.2) is 11.5 Å². The van der Waals surface area contributed by atoms with E-state index in [2.05, 4.69) is 10.3 Å². The van der Waals surface area contributed by atoms with Gasteiger partial charge in [-0.3, -0.25) is 4.79 Å². The van der Waals surface area contributed by atoms with Crippen LogP contribution in [0.2, 0.25) is 5.02 Å². The molecule has 0 aliphatic carbocycles. The van der Waals surface area contributed by atoms with Crippen LogP contribution in [0.3, 0.4) is 0 Å². The maximum absolute atomic E-state index is 12.2. The Kier molecular flexibility index (Phi) is 4.63. The molecule has 1 amide bonds. The minimum atomic E-state index is -0.189. The van der Waals surface area contributed by atoms with E-state index in [0.717, 1.165) is 23.3 Å². The number of fused-ring (bicyclic) bond motifs is 1. The number of carbonyl (C=O) groups excluding carboxylic acids is 1. The van der Waals surface area contributed by atoms with E-state index >= 15 is 0 Å². The van der Waals surface area contributed by atoms with Crippen LogP contribution < -0.4 is 14.8 Å². The maximum Gasteiger partial charge on any atom is 0.275 e. The second-order valence-electron chi connectivity index (χ2n) is 6.07. The van der Waals surface area contributed by atoms with Crippen molar-refractivity contribution in [2.24, 2.45) is 4.99 Å². The van der Waals surface area contributed by atoms with E-state index < -0.39 is 0 Å². The lowest BCUT2D eigenvalue weighted by Crippen LogP contribution is -2.24. The lowest BCUT2D eigenvalue weighted by molar-refractivity contribution is -0.115. The first-order valence-electron chi connectivity index (χ1n) is 8.42. The maximum atomic E-state index is 12.2. The molecule has 0 fully saturated rings. The zero-order valence-corrected chi connectivity index (χ0v) is 14.8. The van der Waals surface area contributed by atoms with Gasteiger partial charge in [-0.25, -0.2) is 4.99 Å². The van der Waals surface area contributed by atoms with Crippen LogP contribution >= 0.6 is 11.6 Å². The van der Waals surface area contributed by atoms with Gasteiger partial charge in [-0.05, 0) is 47.9 Å². The predicted octanol–water partition coefficient (Wildman–Crippen LogP) is 3.61. The van der Waals surface area contributed by atoms with E-state index in [1.807, 2.05) is 42.5 Å². The molecule has 0 bridgehead atoms. The average molecular weight is 369 g/mol. The van der Waals surface area contributed by atoms with E-state index in [0.29, 0.717) is 41.9 Å². The lowest BCUT2D eigenvalue weighted by Gasteiger charge is -2.18. The Morgan fingerprint density at radius 3 is 2.62 bits per heavy atom. The largest absolute Gasteiger partial charge is 0.486 e. The van der Waals surface area contributed by atoms with Gasteiger partial charge in [-0.2, -0.15) is 0 Å². The van der Waals surface area contributed by atoms with Crippen LogP contribution in [0, 0.1) is 0 Å². The number of amides is 1. The van der Waals surface area contributed by atoms with E-state index in [-0.39, 0.29) is 5.91 Å². The summed E-state index contributed by atoms with van der Waals surface area (Å²) in [6.07, 6.45) is 3.20. The Balaban J connectivity index is 1.47. The van der Waals surface area contributed by atoms with Crippen molar-refractivity contribution in [1.82, 2.24) is 5.32 Å². The summed E-state index contributed by atoms with van der Waals surface area (Å²) in [4.78, 5) is 16.6. The molecule has 2 aromatic carbocycles. The molecule has 1 N–H and O–H groups in total. The second kappa shape index (κ2) is 7.22. The minimum Gasteiger partial charge on any atom is -0.486 e. The van der Waals surface area contributed by atoms with Gasteiger partial charge >= 0.3 is 0 Å². The van der Waals surface area contributed by atoms with Crippen molar-refractivity contribution in [3.05, 3.63) is 64.3 Å². The van der Waals surface area contributed by atoms with E-state index in [9.17, 15) is 4.79 Å². The van der Waals surface area contributed by atoms with Crippen molar-refractivity contribution in [1.29, 1.82) is 0 Å². The molecule has 4 rings (SSSR count). The number of aliphatic imine (C=N–C) groups is 1. The molecule has 0 saturated heterocycles. The molecule has 0 atom stereocenters. The third-order valence-electron chi connectivity index (χ3n) is 4.18. The molecule has 2 aliphatic rings. The van der Waals surface area contributed by atoms with E-state index in [1.165, 1.54) is 0 Å². The first-order valence-corrected chi connectivity index (χ1v) is 8.80. The third kappa shape index (κ3) is 3.73. The summed E-state index contributed by atoms with van der Waals surface area (Å²) in [6.45, 7) is 1.08. The monoisotopic (exact) mass is 368 g/mol. The topological polar surface area (TPSA) is 59.9 Å². The van der Waals surface area contributed by atoms with Crippen LogP contribution in [0.5, 0.6) is 11.5 Å². The van der Waals surface area contributed by atoms with Crippen molar-refractivity contribution < 1.29 is 14.3 Å². The fourth-order valence-electron chi connectivity index (χ4n) is 2.86. The summed E-state index contributed by atoms with van der Waals surface area (Å²) in [7, 11) is 0. The summed E-state index contributed by atoms with van der Waals surface area (Å²) < 4.78 is 11.1. The highest BCUT2D eigenvalue weighted by Crippen LogP contribution is 2.31. The molecule has 2 aliphatic heterocycles. The quantitative estimate of drug-likeness (QED) is 0.838. The second-order valence-corrected chi connectivity index (χ2v) is 6.51. The molecule has 26 heavy (non-hydrogen) atoms. The normalized spacial score (nSPS) is 17.2. The molecule has 132 valence electrons. The third-order valence-corrected chi connectivity index (χ3v) is 4.43. The zero-order valence-electron chi connectivity index (χ0n) is 14.0. The summed E-state index contributed by atoms with van der Waals surface area (Å²) in [5.74, 6) is 1.90. The molecule has 0 aromatic heterocycles. The van der Waals surface area contributed by atoms with Gasteiger partial charge < -0.3 is 14.8 Å². The number of nitrogens with zero attached hydrogens (tertiary/aromatic N) is 1. The summed E-state index contributed by atoms with van der Waals surface area (Å²) in [5.41, 5.74) is 2.39. The van der Waals surface area contributed by atoms with E-state index in [4.69, 9.17) is 21.1 Å². The van der Waals surface area contributed by atoms with Crippen molar-refractivity contribution >= 4 is 29.4 Å². The van der Waals surface area contributed by atoms with Crippen molar-refractivity contribution in [2.75, 3.05) is 13.2 Å². The molecule has 5 nitrogen and oxygen atoms in total. The summed E-state index contributed by atoms with van der Waals surface area (Å²) in [6, 6.07) is 13.3. The fraction of sp³-hybridized carbons (Fsp3) is 0.200. The fourth-order valence-corrected chi connectivity index (χ4v) is 2.98. The van der Waals surface area contributed by atoms with E-state index in [1.54, 1.807) is 6.08 Å². The van der Waals surface area contributed by atoms with Gasteiger partial charge in [0, 0.05) is 11.4 Å². The number of hydrogen-bond acceptors (Lipinski definition) is 4. The Morgan fingerprint density at radius 2 is 1.81 bits per heavy atom. The van der Waals surface area contributed by atoms with Gasteiger partial charge in [0.2, 0.25) is 0 Å². The minimum absolute atomic E-state index is 0.189. The van der Waals surface area contributed by atoms with Gasteiger partial charge in [-0.15, -0.1) is 0 Å². The van der Waals surface area contributed by atoms with Crippen molar-refractivity contribution in [3.63, 3.8) is 0 Å². The molecule has 2 aromatic rings. The highest BCUT2D eigenvalue weighted by atomic mass is 35.5. The standard InChI is InChI=1S/C20H17ClN2O3/c21-15-5-1-13(2-6-15)4-8-19-22-16(20(24)23-19)11-14-3-7-17-18(12-14)26-10-9-25-17/h1-3,5-7,11-12H,4,8-10H2,(H,22,23,24)/b16-11+. The number of rotatable bonds is 4. The van der Waals surface area contributed by atoms with Crippen LogP contribution in [0.1, 0.15) is 17.5 Å². The first kappa shape index (κ1) is 16.7. The molecule has 0 unspecified atom stereocenters. The van der Waals surface area contributed by atoms with Gasteiger partial charge in [0.05, 0.1) is 0 Å². The van der Waals surface area contributed by atoms with Crippen molar-refractivity contribution in [3.8, 4) is 11.5 Å². The number of amidine groups is 1. The molecule has 6 heteroatoms. The number of benzene rings is 2. The van der Waals surface area contributed by atoms with Crippen LogP contribution in [-0.4, -0.2) is 25.0 Å². The number of ether oxygens (including phenoxy) is 2. The zero-order chi connectivity index (χ0) is 17.9. The van der Waals surface area contributed by atoms with Gasteiger partial charge in [0.25, 0.3) is 5.91 Å². The number of hydrogen-bond donors (Lipinski definition) is 1. The van der Waals surface area contributed by atoms with Crippen LogP contribution in [0.4, 0.5) is 0 Å². The molecule has 0 saturated carbocycles. The number of carbonyl (C=O) groups is 1. The van der Waals surface area contributed by atoms with Crippen molar-refractivity contribution in [2.45, 2.75) is 12.8 Å². The number of nitrogens with one attached hydrogen (secondary N) is 1. The highest BCUT2D eigenvalue weighted by Gasteiger charge is 2.20. The van der Waals surface area contributed by atoms with Crippen LogP contribution in [0.15, 0.2) is 53.2 Å². The average Bonchev–Trinajstić information content (AvgIpc) is 3.01. The van der Waals surface area contributed by atoms with Crippen LogP contribution in [-0.2, 0) is 11.2 Å². The van der Waals surface area contributed by atoms with Gasteiger partial charge in [0.1, 0.15) is 24.7 Å². The molecular formula is C20H17ClN2O3. The van der Waals surface area contributed by atoms with Crippen LogP contribution in [0.25, 0.3) is 6.08 Å². The van der Waals surface area contributed by atoms with Gasteiger partial charge in [-0.1, -0.05) is 29.8 Å². The summed E-state index contributed by atoms with van der Waals surface area (Å²) in [5, 5.41) is 3.54. The Hall–Kier alpha value is -2.79.